The Kier molecular flexibility index (Phi) is 5.81. The number of rotatable bonds is 6. The van der Waals surface area contributed by atoms with E-state index in [1.165, 1.54) is 12.1 Å². The second kappa shape index (κ2) is 7.69. The van der Waals surface area contributed by atoms with E-state index < -0.39 is 16.7 Å². The standard InChI is InChI=1S/C17H19F3N4O2/c1-11-7-16(21-9-14(11)24(25)26)22-10-15(23(2)3)12-5-4-6-13(8-12)17(18,19)20/h4-9,15H,10H2,1-3H3,(H,21,22). The molecule has 1 unspecified atom stereocenters. The summed E-state index contributed by atoms with van der Waals surface area (Å²) in [4.78, 5) is 16.1. The van der Waals surface area contributed by atoms with Crippen LogP contribution < -0.4 is 5.32 Å². The maximum absolute atomic E-state index is 12.9. The minimum atomic E-state index is -4.41. The fraction of sp³-hybridized carbons (Fsp3) is 0.353. The van der Waals surface area contributed by atoms with Crippen molar-refractivity contribution in [2.75, 3.05) is 26.0 Å². The summed E-state index contributed by atoms with van der Waals surface area (Å²) in [6.07, 6.45) is -3.25. The lowest BCUT2D eigenvalue weighted by atomic mass is 10.0. The van der Waals surface area contributed by atoms with Crippen LogP contribution in [-0.4, -0.2) is 35.4 Å². The minimum Gasteiger partial charge on any atom is -0.368 e. The largest absolute Gasteiger partial charge is 0.416 e. The zero-order valence-corrected chi connectivity index (χ0v) is 14.5. The molecule has 0 saturated carbocycles. The number of anilines is 1. The van der Waals surface area contributed by atoms with Crippen LogP contribution in [0.25, 0.3) is 0 Å². The SMILES string of the molecule is Cc1cc(NCC(c2cccc(C(F)(F)F)c2)N(C)C)ncc1[N+](=O)[O-]. The molecule has 0 saturated heterocycles. The van der Waals surface area contributed by atoms with Gasteiger partial charge in [-0.2, -0.15) is 13.2 Å². The molecule has 26 heavy (non-hydrogen) atoms. The number of nitrogens with zero attached hydrogens (tertiary/aromatic N) is 3. The van der Waals surface area contributed by atoms with E-state index in [1.54, 1.807) is 32.0 Å². The number of alkyl halides is 3. The Morgan fingerprint density at radius 2 is 2.00 bits per heavy atom. The van der Waals surface area contributed by atoms with Crippen molar-refractivity contribution in [2.24, 2.45) is 0 Å². The summed E-state index contributed by atoms with van der Waals surface area (Å²) in [5.41, 5.74) is 0.174. The van der Waals surface area contributed by atoms with Gasteiger partial charge in [-0.25, -0.2) is 4.98 Å². The summed E-state index contributed by atoms with van der Waals surface area (Å²) in [6.45, 7) is 1.89. The van der Waals surface area contributed by atoms with Crippen molar-refractivity contribution < 1.29 is 18.1 Å². The Bertz CT molecular complexity index is 794. The predicted octanol–water partition coefficient (Wildman–Crippen LogP) is 4.03. The van der Waals surface area contributed by atoms with E-state index in [0.717, 1.165) is 18.3 Å². The molecule has 0 fully saturated rings. The number of hydrogen-bond donors (Lipinski definition) is 1. The third-order valence-corrected chi connectivity index (χ3v) is 3.98. The zero-order valence-electron chi connectivity index (χ0n) is 14.5. The van der Waals surface area contributed by atoms with Crippen LogP contribution in [0.5, 0.6) is 0 Å². The third kappa shape index (κ3) is 4.69. The first-order valence-electron chi connectivity index (χ1n) is 7.78. The smallest absolute Gasteiger partial charge is 0.368 e. The van der Waals surface area contributed by atoms with E-state index in [2.05, 4.69) is 10.3 Å². The topological polar surface area (TPSA) is 71.3 Å². The van der Waals surface area contributed by atoms with Crippen molar-refractivity contribution >= 4 is 11.5 Å². The van der Waals surface area contributed by atoms with E-state index in [-0.39, 0.29) is 11.7 Å². The van der Waals surface area contributed by atoms with Gasteiger partial charge in [-0.15, -0.1) is 0 Å². The van der Waals surface area contributed by atoms with Gasteiger partial charge in [0.25, 0.3) is 5.69 Å². The van der Waals surface area contributed by atoms with Gasteiger partial charge in [0.2, 0.25) is 0 Å². The molecule has 0 bridgehead atoms. The van der Waals surface area contributed by atoms with Crippen LogP contribution >= 0.6 is 0 Å². The summed E-state index contributed by atoms with van der Waals surface area (Å²) in [5, 5.41) is 13.9. The molecular formula is C17H19F3N4O2. The first-order valence-corrected chi connectivity index (χ1v) is 7.78. The highest BCUT2D eigenvalue weighted by Crippen LogP contribution is 2.31. The molecule has 1 atom stereocenters. The highest BCUT2D eigenvalue weighted by atomic mass is 19.4. The van der Waals surface area contributed by atoms with Crippen LogP contribution in [-0.2, 0) is 6.18 Å². The van der Waals surface area contributed by atoms with Gasteiger partial charge in [0.15, 0.2) is 0 Å². The minimum absolute atomic E-state index is 0.0856. The van der Waals surface area contributed by atoms with E-state index in [9.17, 15) is 23.3 Å². The molecule has 0 radical (unpaired) electrons. The predicted molar refractivity (Wildman–Crippen MR) is 92.0 cm³/mol. The quantitative estimate of drug-likeness (QED) is 0.616. The van der Waals surface area contributed by atoms with Gasteiger partial charge in [0, 0.05) is 12.1 Å². The fourth-order valence-electron chi connectivity index (χ4n) is 2.56. The first-order chi connectivity index (χ1) is 12.1. The van der Waals surface area contributed by atoms with Crippen LogP contribution in [0.4, 0.5) is 24.7 Å². The van der Waals surface area contributed by atoms with Crippen LogP contribution in [0.3, 0.4) is 0 Å². The summed E-state index contributed by atoms with van der Waals surface area (Å²) in [5.74, 6) is 0.423. The number of nitrogens with one attached hydrogen (secondary N) is 1. The molecule has 0 aliphatic carbocycles. The number of nitro groups is 1. The maximum atomic E-state index is 12.9. The number of pyridine rings is 1. The Morgan fingerprint density at radius 3 is 2.54 bits per heavy atom. The number of benzene rings is 1. The monoisotopic (exact) mass is 368 g/mol. The second-order valence-corrected chi connectivity index (χ2v) is 6.10. The van der Waals surface area contributed by atoms with Crippen molar-refractivity contribution in [2.45, 2.75) is 19.1 Å². The Hall–Kier alpha value is -2.68. The van der Waals surface area contributed by atoms with Gasteiger partial charge in [0.05, 0.1) is 16.5 Å². The van der Waals surface area contributed by atoms with Crippen LogP contribution in [0.15, 0.2) is 36.5 Å². The molecule has 1 heterocycles. The maximum Gasteiger partial charge on any atom is 0.416 e. The number of halogens is 3. The number of likely N-dealkylation sites (N-methyl/N-ethyl adjacent to an activating group) is 1. The van der Waals surface area contributed by atoms with Gasteiger partial charge < -0.3 is 10.2 Å². The van der Waals surface area contributed by atoms with E-state index in [1.807, 2.05) is 0 Å². The van der Waals surface area contributed by atoms with Crippen molar-refractivity contribution in [3.63, 3.8) is 0 Å². The Morgan fingerprint density at radius 1 is 1.31 bits per heavy atom. The van der Waals surface area contributed by atoms with Gasteiger partial charge in [-0.1, -0.05) is 12.1 Å². The molecule has 1 N–H and O–H groups in total. The zero-order chi connectivity index (χ0) is 19.5. The Balaban J connectivity index is 2.20. The molecular weight excluding hydrogens is 349 g/mol. The lowest BCUT2D eigenvalue weighted by Gasteiger charge is -2.26. The summed E-state index contributed by atoms with van der Waals surface area (Å²) < 4.78 is 38.8. The fourth-order valence-corrected chi connectivity index (χ4v) is 2.56. The van der Waals surface area contributed by atoms with E-state index in [4.69, 9.17) is 0 Å². The third-order valence-electron chi connectivity index (χ3n) is 3.98. The number of aryl methyl sites for hydroxylation is 1. The van der Waals surface area contributed by atoms with Gasteiger partial charge in [0.1, 0.15) is 12.0 Å². The molecule has 9 heteroatoms. The molecule has 1 aromatic heterocycles. The number of hydrogen-bond acceptors (Lipinski definition) is 5. The van der Waals surface area contributed by atoms with E-state index in [0.29, 0.717) is 23.5 Å². The first kappa shape index (κ1) is 19.6. The summed E-state index contributed by atoms with van der Waals surface area (Å²) in [7, 11) is 3.53. The lowest BCUT2D eigenvalue weighted by molar-refractivity contribution is -0.385. The molecule has 1 aromatic carbocycles. The normalized spacial score (nSPS) is 12.9. The molecule has 0 aliphatic rings. The average molecular weight is 368 g/mol. The molecule has 2 aromatic rings. The van der Waals surface area contributed by atoms with Crippen molar-refractivity contribution in [1.82, 2.24) is 9.88 Å². The lowest BCUT2D eigenvalue weighted by Crippen LogP contribution is -2.27. The molecule has 2 rings (SSSR count). The highest BCUT2D eigenvalue weighted by Gasteiger charge is 2.31. The molecule has 6 nitrogen and oxygen atoms in total. The van der Waals surface area contributed by atoms with Crippen molar-refractivity contribution in [1.29, 1.82) is 0 Å². The molecule has 0 spiro atoms. The number of aromatic nitrogens is 1. The van der Waals surface area contributed by atoms with Crippen molar-refractivity contribution in [3.8, 4) is 0 Å². The van der Waals surface area contributed by atoms with Crippen LogP contribution in [0.1, 0.15) is 22.7 Å². The molecule has 0 aliphatic heterocycles. The second-order valence-electron chi connectivity index (χ2n) is 6.10. The summed E-state index contributed by atoms with van der Waals surface area (Å²) in [6, 6.07) is 6.37. The van der Waals surface area contributed by atoms with Crippen LogP contribution in [0, 0.1) is 17.0 Å². The molecule has 0 amide bonds. The van der Waals surface area contributed by atoms with E-state index >= 15 is 0 Å². The van der Waals surface area contributed by atoms with Crippen LogP contribution in [0.2, 0.25) is 0 Å². The average Bonchev–Trinajstić information content (AvgIpc) is 2.54. The Labute approximate surface area is 148 Å². The van der Waals surface area contributed by atoms with Crippen molar-refractivity contribution in [3.05, 3.63) is 63.3 Å². The van der Waals surface area contributed by atoms with Gasteiger partial charge in [-0.05, 0) is 44.8 Å². The molecule has 140 valence electrons. The van der Waals surface area contributed by atoms with Gasteiger partial charge >= 0.3 is 6.18 Å². The highest BCUT2D eigenvalue weighted by molar-refractivity contribution is 5.47. The summed E-state index contributed by atoms with van der Waals surface area (Å²) >= 11 is 0. The van der Waals surface area contributed by atoms with Gasteiger partial charge in [-0.3, -0.25) is 10.1 Å².